The maximum atomic E-state index is 13.4. The first-order valence-electron chi connectivity index (χ1n) is 11.0. The number of carbonyl (C=O) groups excluding carboxylic acids is 2. The zero-order valence-corrected chi connectivity index (χ0v) is 20.3. The summed E-state index contributed by atoms with van der Waals surface area (Å²) >= 11 is 0. The topological polar surface area (TPSA) is 87.2 Å². The SMILES string of the molecule is CCN(C(=O)c1cccc(S(=O)(=O)N2CCN(C(C)=O)CC2)c1)C(C)c1cccc(OC)c1. The molecular formula is C24H31N3O5S. The van der Waals surface area contributed by atoms with Crippen LogP contribution in [-0.2, 0) is 14.8 Å². The monoisotopic (exact) mass is 473 g/mol. The molecule has 178 valence electrons. The summed E-state index contributed by atoms with van der Waals surface area (Å²) in [7, 11) is -2.18. The quantitative estimate of drug-likeness (QED) is 0.617. The number of piperazine rings is 1. The second-order valence-corrected chi connectivity index (χ2v) is 9.92. The first kappa shape index (κ1) is 24.7. The zero-order chi connectivity index (χ0) is 24.2. The number of hydrogen-bond donors (Lipinski definition) is 0. The van der Waals surface area contributed by atoms with Crippen LogP contribution in [0.3, 0.4) is 0 Å². The third kappa shape index (κ3) is 5.36. The zero-order valence-electron chi connectivity index (χ0n) is 19.5. The molecule has 1 unspecified atom stereocenters. The molecule has 0 spiro atoms. The van der Waals surface area contributed by atoms with Crippen LogP contribution in [0.2, 0.25) is 0 Å². The number of rotatable bonds is 7. The third-order valence-electron chi connectivity index (χ3n) is 6.05. The van der Waals surface area contributed by atoms with Crippen molar-refractivity contribution in [3.63, 3.8) is 0 Å². The van der Waals surface area contributed by atoms with E-state index in [-0.39, 0.29) is 35.8 Å². The summed E-state index contributed by atoms with van der Waals surface area (Å²) in [6, 6.07) is 13.5. The van der Waals surface area contributed by atoms with Gasteiger partial charge in [-0.05, 0) is 49.7 Å². The van der Waals surface area contributed by atoms with Crippen LogP contribution in [-0.4, -0.2) is 74.2 Å². The van der Waals surface area contributed by atoms with Crippen LogP contribution in [0.15, 0.2) is 53.4 Å². The maximum Gasteiger partial charge on any atom is 0.254 e. The second kappa shape index (κ2) is 10.4. The summed E-state index contributed by atoms with van der Waals surface area (Å²) in [6.07, 6.45) is 0. The highest BCUT2D eigenvalue weighted by Gasteiger charge is 2.30. The fraction of sp³-hybridized carbons (Fsp3) is 0.417. The molecule has 0 N–H and O–H groups in total. The molecule has 0 aliphatic carbocycles. The van der Waals surface area contributed by atoms with E-state index in [1.807, 2.05) is 38.1 Å². The molecule has 0 saturated carbocycles. The molecule has 0 bridgehead atoms. The fourth-order valence-electron chi connectivity index (χ4n) is 4.02. The van der Waals surface area contributed by atoms with Gasteiger partial charge in [0.2, 0.25) is 15.9 Å². The minimum Gasteiger partial charge on any atom is -0.497 e. The van der Waals surface area contributed by atoms with Crippen LogP contribution in [0.4, 0.5) is 0 Å². The van der Waals surface area contributed by atoms with Crippen molar-refractivity contribution in [3.05, 3.63) is 59.7 Å². The first-order chi connectivity index (χ1) is 15.7. The highest BCUT2D eigenvalue weighted by molar-refractivity contribution is 7.89. The number of methoxy groups -OCH3 is 1. The lowest BCUT2D eigenvalue weighted by molar-refractivity contribution is -0.129. The van der Waals surface area contributed by atoms with Crippen LogP contribution in [0.5, 0.6) is 5.75 Å². The molecule has 1 heterocycles. The van der Waals surface area contributed by atoms with E-state index < -0.39 is 10.0 Å². The Bertz CT molecular complexity index is 1110. The molecule has 1 saturated heterocycles. The number of amides is 2. The van der Waals surface area contributed by atoms with Gasteiger partial charge in [-0.15, -0.1) is 0 Å². The van der Waals surface area contributed by atoms with Gasteiger partial charge >= 0.3 is 0 Å². The lowest BCUT2D eigenvalue weighted by atomic mass is 10.1. The summed E-state index contributed by atoms with van der Waals surface area (Å²) in [6.45, 7) is 6.94. The fourth-order valence-corrected chi connectivity index (χ4v) is 5.49. The van der Waals surface area contributed by atoms with Crippen molar-refractivity contribution in [2.24, 2.45) is 0 Å². The van der Waals surface area contributed by atoms with E-state index in [2.05, 4.69) is 0 Å². The molecule has 33 heavy (non-hydrogen) atoms. The average Bonchev–Trinajstić information content (AvgIpc) is 2.84. The molecule has 9 heteroatoms. The number of ether oxygens (including phenoxy) is 1. The molecule has 2 aromatic rings. The predicted molar refractivity (Wildman–Crippen MR) is 126 cm³/mol. The van der Waals surface area contributed by atoms with E-state index in [0.717, 1.165) is 5.56 Å². The van der Waals surface area contributed by atoms with Gasteiger partial charge in [0.1, 0.15) is 5.75 Å². The van der Waals surface area contributed by atoms with Crippen molar-refractivity contribution in [1.82, 2.24) is 14.1 Å². The number of benzene rings is 2. The first-order valence-corrected chi connectivity index (χ1v) is 12.4. The standard InChI is InChI=1S/C24H31N3O5S/c1-5-27(18(2)20-8-6-10-22(16-20)32-4)24(29)21-9-7-11-23(17-21)33(30,31)26-14-12-25(13-15-26)19(3)28/h6-11,16-18H,5,12-15H2,1-4H3. The van der Waals surface area contributed by atoms with Crippen LogP contribution < -0.4 is 4.74 Å². The summed E-state index contributed by atoms with van der Waals surface area (Å²) < 4.78 is 33.0. The van der Waals surface area contributed by atoms with Crippen LogP contribution in [0.1, 0.15) is 42.7 Å². The summed E-state index contributed by atoms with van der Waals surface area (Å²) in [5, 5.41) is 0. The van der Waals surface area contributed by atoms with Crippen molar-refractivity contribution in [3.8, 4) is 5.75 Å². The van der Waals surface area contributed by atoms with E-state index in [4.69, 9.17) is 4.74 Å². The van der Waals surface area contributed by atoms with Gasteiger partial charge in [0.25, 0.3) is 5.91 Å². The largest absolute Gasteiger partial charge is 0.497 e. The molecular weight excluding hydrogens is 442 g/mol. The Labute approximate surface area is 195 Å². The van der Waals surface area contributed by atoms with Crippen LogP contribution in [0.25, 0.3) is 0 Å². The minimum absolute atomic E-state index is 0.0653. The molecule has 2 aromatic carbocycles. The van der Waals surface area contributed by atoms with Gasteiger partial charge in [0.15, 0.2) is 0 Å². The normalized spacial score (nSPS) is 15.7. The Balaban J connectivity index is 1.82. The van der Waals surface area contributed by atoms with Gasteiger partial charge < -0.3 is 14.5 Å². The Kier molecular flexibility index (Phi) is 7.76. The van der Waals surface area contributed by atoms with E-state index >= 15 is 0 Å². The molecule has 0 radical (unpaired) electrons. The van der Waals surface area contributed by atoms with Gasteiger partial charge in [-0.1, -0.05) is 18.2 Å². The minimum atomic E-state index is -3.77. The molecule has 0 aromatic heterocycles. The lowest BCUT2D eigenvalue weighted by Crippen LogP contribution is -2.49. The highest BCUT2D eigenvalue weighted by Crippen LogP contribution is 2.26. The van der Waals surface area contributed by atoms with Crippen molar-refractivity contribution >= 4 is 21.8 Å². The van der Waals surface area contributed by atoms with Gasteiger partial charge in [0, 0.05) is 45.2 Å². The van der Waals surface area contributed by atoms with Crippen molar-refractivity contribution < 1.29 is 22.7 Å². The van der Waals surface area contributed by atoms with Gasteiger partial charge in [0.05, 0.1) is 18.0 Å². The summed E-state index contributed by atoms with van der Waals surface area (Å²) in [4.78, 5) is 28.3. The molecule has 1 aliphatic heterocycles. The van der Waals surface area contributed by atoms with Crippen LogP contribution in [0, 0.1) is 0 Å². The molecule has 1 fully saturated rings. The van der Waals surface area contributed by atoms with Crippen molar-refractivity contribution in [2.75, 3.05) is 39.8 Å². The highest BCUT2D eigenvalue weighted by atomic mass is 32.2. The smallest absolute Gasteiger partial charge is 0.254 e. The van der Waals surface area contributed by atoms with E-state index in [0.29, 0.717) is 30.9 Å². The summed E-state index contributed by atoms with van der Waals surface area (Å²) in [5.74, 6) is 0.400. The lowest BCUT2D eigenvalue weighted by Gasteiger charge is -2.33. The Morgan fingerprint density at radius 1 is 1.06 bits per heavy atom. The van der Waals surface area contributed by atoms with Crippen LogP contribution >= 0.6 is 0 Å². The number of hydrogen-bond acceptors (Lipinski definition) is 5. The summed E-state index contributed by atoms with van der Waals surface area (Å²) in [5.41, 5.74) is 1.24. The van der Waals surface area contributed by atoms with E-state index in [9.17, 15) is 18.0 Å². The third-order valence-corrected chi connectivity index (χ3v) is 7.94. The van der Waals surface area contributed by atoms with Crippen molar-refractivity contribution in [2.45, 2.75) is 31.7 Å². The molecule has 1 atom stereocenters. The Morgan fingerprint density at radius 2 is 1.73 bits per heavy atom. The Hall–Kier alpha value is -2.91. The molecule has 1 aliphatic rings. The van der Waals surface area contributed by atoms with Crippen molar-refractivity contribution in [1.29, 1.82) is 0 Å². The average molecular weight is 474 g/mol. The molecule has 8 nitrogen and oxygen atoms in total. The van der Waals surface area contributed by atoms with Gasteiger partial charge in [-0.25, -0.2) is 8.42 Å². The van der Waals surface area contributed by atoms with E-state index in [1.165, 1.54) is 23.4 Å². The second-order valence-electron chi connectivity index (χ2n) is 7.98. The number of sulfonamides is 1. The maximum absolute atomic E-state index is 13.4. The predicted octanol–water partition coefficient (Wildman–Crippen LogP) is 2.77. The molecule has 3 rings (SSSR count). The van der Waals surface area contributed by atoms with Gasteiger partial charge in [-0.2, -0.15) is 4.31 Å². The molecule has 2 amide bonds. The number of carbonyl (C=O) groups is 2. The van der Waals surface area contributed by atoms with Gasteiger partial charge in [-0.3, -0.25) is 9.59 Å². The number of nitrogens with zero attached hydrogens (tertiary/aromatic N) is 3. The Morgan fingerprint density at radius 3 is 2.33 bits per heavy atom. The van der Waals surface area contributed by atoms with E-state index in [1.54, 1.807) is 29.0 Å².